The summed E-state index contributed by atoms with van der Waals surface area (Å²) in [6, 6.07) is 0.530. The number of hydrogen-bond acceptors (Lipinski definition) is 3. The van der Waals surface area contributed by atoms with Gasteiger partial charge in [-0.1, -0.05) is 6.92 Å². The average molecular weight is 158 g/mol. The molecule has 1 rings (SSSR count). The molecule has 0 radical (unpaired) electrons. The highest BCUT2D eigenvalue weighted by Crippen LogP contribution is 2.05. The van der Waals surface area contributed by atoms with E-state index in [-0.39, 0.29) is 6.73 Å². The van der Waals surface area contributed by atoms with Crippen molar-refractivity contribution >= 4 is 0 Å². The van der Waals surface area contributed by atoms with Gasteiger partial charge in [0.1, 0.15) is 0 Å². The second kappa shape index (κ2) is 4.70. The molecule has 1 saturated heterocycles. The monoisotopic (exact) mass is 158 g/mol. The molecule has 1 aliphatic rings. The van der Waals surface area contributed by atoms with Crippen LogP contribution in [0.1, 0.15) is 19.8 Å². The van der Waals surface area contributed by atoms with Crippen LogP contribution in [0.2, 0.25) is 0 Å². The predicted molar refractivity (Wildman–Crippen MR) is 45.4 cm³/mol. The lowest BCUT2D eigenvalue weighted by Crippen LogP contribution is -2.39. The highest BCUT2D eigenvalue weighted by atomic mass is 16.3. The van der Waals surface area contributed by atoms with Crippen molar-refractivity contribution in [1.29, 1.82) is 0 Å². The van der Waals surface area contributed by atoms with E-state index in [2.05, 4.69) is 17.1 Å². The summed E-state index contributed by atoms with van der Waals surface area (Å²) in [6.07, 6.45) is 2.27. The van der Waals surface area contributed by atoms with Crippen LogP contribution in [-0.4, -0.2) is 42.4 Å². The number of rotatable bonds is 2. The Hall–Kier alpha value is -0.120. The fourth-order valence-corrected chi connectivity index (χ4v) is 1.58. The molecule has 0 aromatic rings. The van der Waals surface area contributed by atoms with Gasteiger partial charge in [0.05, 0.1) is 6.73 Å². The zero-order valence-corrected chi connectivity index (χ0v) is 7.21. The third kappa shape index (κ3) is 2.43. The topological polar surface area (TPSA) is 35.5 Å². The predicted octanol–water partition coefficient (Wildman–Crippen LogP) is 0.0101. The molecule has 0 bridgehead atoms. The van der Waals surface area contributed by atoms with Crippen LogP contribution in [0.15, 0.2) is 0 Å². The molecule has 1 aliphatic heterocycles. The van der Waals surface area contributed by atoms with Crippen molar-refractivity contribution in [3.8, 4) is 0 Å². The first-order valence-corrected chi connectivity index (χ1v) is 4.44. The van der Waals surface area contributed by atoms with Gasteiger partial charge in [-0.15, -0.1) is 0 Å². The van der Waals surface area contributed by atoms with Crippen LogP contribution < -0.4 is 5.32 Å². The lowest BCUT2D eigenvalue weighted by atomic mass is 10.2. The molecule has 1 atom stereocenters. The van der Waals surface area contributed by atoms with Crippen molar-refractivity contribution in [2.24, 2.45) is 0 Å². The van der Waals surface area contributed by atoms with E-state index in [0.717, 1.165) is 32.5 Å². The molecule has 3 heteroatoms. The van der Waals surface area contributed by atoms with Crippen molar-refractivity contribution in [2.75, 3.05) is 26.4 Å². The smallest absolute Gasteiger partial charge is 0.0959 e. The van der Waals surface area contributed by atoms with Gasteiger partial charge in [-0.3, -0.25) is 4.90 Å². The zero-order valence-electron chi connectivity index (χ0n) is 7.21. The van der Waals surface area contributed by atoms with E-state index in [0.29, 0.717) is 6.04 Å². The molecule has 0 unspecified atom stereocenters. The molecule has 0 saturated carbocycles. The number of hydrogen-bond donors (Lipinski definition) is 2. The molecule has 0 spiro atoms. The van der Waals surface area contributed by atoms with Crippen LogP contribution in [0, 0.1) is 0 Å². The largest absolute Gasteiger partial charge is 0.381 e. The van der Waals surface area contributed by atoms with E-state index in [1.165, 1.54) is 0 Å². The summed E-state index contributed by atoms with van der Waals surface area (Å²) in [7, 11) is 0. The maximum Gasteiger partial charge on any atom is 0.0959 e. The average Bonchev–Trinajstić information content (AvgIpc) is 2.27. The number of nitrogens with zero attached hydrogens (tertiary/aromatic N) is 1. The molecule has 66 valence electrons. The Morgan fingerprint density at radius 3 is 3.09 bits per heavy atom. The normalized spacial score (nSPS) is 28.4. The Kier molecular flexibility index (Phi) is 3.83. The lowest BCUT2D eigenvalue weighted by Gasteiger charge is -2.25. The quantitative estimate of drug-likeness (QED) is 0.594. The minimum Gasteiger partial charge on any atom is -0.381 e. The molecule has 0 aromatic heterocycles. The van der Waals surface area contributed by atoms with Crippen LogP contribution in [0.4, 0.5) is 0 Å². The second-order valence-corrected chi connectivity index (χ2v) is 3.07. The summed E-state index contributed by atoms with van der Waals surface area (Å²) in [4.78, 5) is 2.14. The number of aliphatic hydroxyl groups is 1. The summed E-state index contributed by atoms with van der Waals surface area (Å²) in [5, 5.41) is 12.4. The molecular formula is C8H18N2O. The number of aliphatic hydroxyl groups excluding tert-OH is 1. The minimum absolute atomic E-state index is 0.209. The molecule has 1 heterocycles. The third-order valence-corrected chi connectivity index (χ3v) is 2.35. The van der Waals surface area contributed by atoms with Crippen LogP contribution in [0.3, 0.4) is 0 Å². The van der Waals surface area contributed by atoms with Gasteiger partial charge in [-0.05, 0) is 19.4 Å². The zero-order chi connectivity index (χ0) is 8.10. The van der Waals surface area contributed by atoms with Gasteiger partial charge in [-0.2, -0.15) is 0 Å². The van der Waals surface area contributed by atoms with E-state index in [4.69, 9.17) is 5.11 Å². The Balaban J connectivity index is 2.41. The highest BCUT2D eigenvalue weighted by molar-refractivity contribution is 4.74. The summed E-state index contributed by atoms with van der Waals surface area (Å²) in [5.41, 5.74) is 0. The summed E-state index contributed by atoms with van der Waals surface area (Å²) in [5.74, 6) is 0. The SMILES string of the molecule is CC[C@H]1CNCCCN1CO. The van der Waals surface area contributed by atoms with Gasteiger partial charge >= 0.3 is 0 Å². The van der Waals surface area contributed by atoms with Crippen molar-refractivity contribution in [1.82, 2.24) is 10.2 Å². The fourth-order valence-electron chi connectivity index (χ4n) is 1.58. The molecule has 2 N–H and O–H groups in total. The minimum atomic E-state index is 0.209. The van der Waals surface area contributed by atoms with Crippen molar-refractivity contribution in [3.05, 3.63) is 0 Å². The Morgan fingerprint density at radius 2 is 2.45 bits per heavy atom. The first-order valence-electron chi connectivity index (χ1n) is 4.44. The molecule has 0 amide bonds. The van der Waals surface area contributed by atoms with Crippen LogP contribution in [0.25, 0.3) is 0 Å². The van der Waals surface area contributed by atoms with E-state index in [9.17, 15) is 0 Å². The van der Waals surface area contributed by atoms with Gasteiger partial charge in [0.2, 0.25) is 0 Å². The molecule has 1 fully saturated rings. The van der Waals surface area contributed by atoms with E-state index >= 15 is 0 Å². The fraction of sp³-hybridized carbons (Fsp3) is 1.00. The van der Waals surface area contributed by atoms with Gasteiger partial charge in [-0.25, -0.2) is 0 Å². The van der Waals surface area contributed by atoms with Gasteiger partial charge < -0.3 is 10.4 Å². The first kappa shape index (κ1) is 8.97. The lowest BCUT2D eigenvalue weighted by molar-refractivity contribution is 0.0728. The molecule has 0 aliphatic carbocycles. The Bertz CT molecular complexity index is 96.3. The Morgan fingerprint density at radius 1 is 1.64 bits per heavy atom. The first-order chi connectivity index (χ1) is 5.38. The molecule has 11 heavy (non-hydrogen) atoms. The molecule has 3 nitrogen and oxygen atoms in total. The highest BCUT2D eigenvalue weighted by Gasteiger charge is 2.17. The van der Waals surface area contributed by atoms with Gasteiger partial charge in [0.25, 0.3) is 0 Å². The summed E-state index contributed by atoms with van der Waals surface area (Å²) in [6.45, 7) is 5.52. The van der Waals surface area contributed by atoms with Crippen molar-refractivity contribution in [3.63, 3.8) is 0 Å². The second-order valence-electron chi connectivity index (χ2n) is 3.07. The van der Waals surface area contributed by atoms with Crippen LogP contribution in [0.5, 0.6) is 0 Å². The van der Waals surface area contributed by atoms with E-state index in [1.807, 2.05) is 0 Å². The standard InChI is InChI=1S/C8H18N2O/c1-2-8-6-9-4-3-5-10(8)7-11/h8-9,11H,2-7H2,1H3/t8-/m0/s1. The van der Waals surface area contributed by atoms with Crippen molar-refractivity contribution < 1.29 is 5.11 Å². The van der Waals surface area contributed by atoms with E-state index < -0.39 is 0 Å². The maximum absolute atomic E-state index is 9.02. The summed E-state index contributed by atoms with van der Waals surface area (Å²) >= 11 is 0. The van der Waals surface area contributed by atoms with Crippen LogP contribution >= 0.6 is 0 Å². The van der Waals surface area contributed by atoms with E-state index in [1.54, 1.807) is 0 Å². The summed E-state index contributed by atoms with van der Waals surface area (Å²) < 4.78 is 0. The van der Waals surface area contributed by atoms with Gasteiger partial charge in [0, 0.05) is 19.1 Å². The van der Waals surface area contributed by atoms with Crippen LogP contribution in [-0.2, 0) is 0 Å². The molecule has 0 aromatic carbocycles. The third-order valence-electron chi connectivity index (χ3n) is 2.35. The van der Waals surface area contributed by atoms with Crippen molar-refractivity contribution in [2.45, 2.75) is 25.8 Å². The number of nitrogens with one attached hydrogen (secondary N) is 1. The molecular weight excluding hydrogens is 140 g/mol. The Labute approximate surface area is 68.4 Å². The van der Waals surface area contributed by atoms with Gasteiger partial charge in [0.15, 0.2) is 0 Å². The maximum atomic E-state index is 9.02.